The Balaban J connectivity index is 2.12. The van der Waals surface area contributed by atoms with Crippen LogP contribution in [0.5, 0.6) is 0 Å². The van der Waals surface area contributed by atoms with Crippen LogP contribution in [-0.2, 0) is 0 Å². The number of rotatable bonds is 2. The molecule has 25 heavy (non-hydrogen) atoms. The van der Waals surface area contributed by atoms with E-state index in [9.17, 15) is 0 Å². The molecule has 1 heterocycles. The summed E-state index contributed by atoms with van der Waals surface area (Å²) in [6.07, 6.45) is 0. The molecule has 0 aliphatic carbocycles. The van der Waals surface area contributed by atoms with E-state index in [1.165, 1.54) is 33.2 Å². The van der Waals surface area contributed by atoms with E-state index < -0.39 is 0 Å². The van der Waals surface area contributed by atoms with Crippen LogP contribution >= 0.6 is 0 Å². The molecule has 4 aromatic rings. The van der Waals surface area contributed by atoms with Gasteiger partial charge in [-0.1, -0.05) is 59.7 Å². The minimum absolute atomic E-state index is 1.07. The van der Waals surface area contributed by atoms with Crippen LogP contribution in [0.4, 0.5) is 0 Å². The number of benzene rings is 3. The molecule has 0 saturated carbocycles. The number of aromatic nitrogens is 2. The lowest BCUT2D eigenvalue weighted by molar-refractivity contribution is 0.893. The molecule has 0 saturated heterocycles. The van der Waals surface area contributed by atoms with Gasteiger partial charge in [-0.2, -0.15) is 5.10 Å². The van der Waals surface area contributed by atoms with Crippen LogP contribution in [0, 0.1) is 27.7 Å². The molecule has 0 fully saturated rings. The molecule has 0 bridgehead atoms. The average molecular weight is 326 g/mol. The summed E-state index contributed by atoms with van der Waals surface area (Å²) < 4.78 is 2.11. The Kier molecular flexibility index (Phi) is 3.69. The average Bonchev–Trinajstić information content (AvgIpc) is 2.95. The molecule has 0 radical (unpaired) electrons. The largest absolute Gasteiger partial charge is 0.232 e. The highest BCUT2D eigenvalue weighted by atomic mass is 15.3. The van der Waals surface area contributed by atoms with Crippen LogP contribution in [0.2, 0.25) is 0 Å². The van der Waals surface area contributed by atoms with Gasteiger partial charge in [-0.05, 0) is 51.0 Å². The fourth-order valence-corrected chi connectivity index (χ4v) is 3.63. The van der Waals surface area contributed by atoms with Gasteiger partial charge in [0.05, 0.1) is 16.9 Å². The van der Waals surface area contributed by atoms with Gasteiger partial charge in [0.1, 0.15) is 0 Å². The molecule has 0 amide bonds. The SMILES string of the molecule is Cc1ccc(-n2nc3c(C)cc(C)cc3c2-c2ccccc2)c(C)c1. The number of hydrogen-bond donors (Lipinski definition) is 0. The first kappa shape index (κ1) is 15.6. The standard InChI is InChI=1S/C23H22N2/c1-15-10-11-21(17(3)12-15)25-23(19-8-6-5-7-9-19)20-14-16(2)13-18(4)22(20)24-25/h5-14H,1-4H3. The van der Waals surface area contributed by atoms with Crippen LogP contribution in [-0.4, -0.2) is 9.78 Å². The van der Waals surface area contributed by atoms with E-state index in [0.29, 0.717) is 0 Å². The molecular weight excluding hydrogens is 304 g/mol. The summed E-state index contributed by atoms with van der Waals surface area (Å²) in [6, 6.07) is 21.5. The smallest absolute Gasteiger partial charge is 0.0963 e. The first-order valence-corrected chi connectivity index (χ1v) is 8.67. The van der Waals surface area contributed by atoms with Crippen molar-refractivity contribution in [1.82, 2.24) is 9.78 Å². The zero-order chi connectivity index (χ0) is 17.6. The molecule has 0 spiro atoms. The fourth-order valence-electron chi connectivity index (χ4n) is 3.63. The van der Waals surface area contributed by atoms with Crippen molar-refractivity contribution in [2.75, 3.05) is 0 Å². The number of fused-ring (bicyclic) bond motifs is 1. The zero-order valence-corrected chi connectivity index (χ0v) is 15.2. The summed E-state index contributed by atoms with van der Waals surface area (Å²) in [4.78, 5) is 0. The van der Waals surface area contributed by atoms with Crippen molar-refractivity contribution >= 4 is 10.9 Å². The third-order valence-electron chi connectivity index (χ3n) is 4.74. The lowest BCUT2D eigenvalue weighted by atomic mass is 10.0. The predicted octanol–water partition coefficient (Wildman–Crippen LogP) is 5.93. The summed E-state index contributed by atoms with van der Waals surface area (Å²) >= 11 is 0. The van der Waals surface area contributed by atoms with Crippen LogP contribution in [0.15, 0.2) is 60.7 Å². The molecule has 0 N–H and O–H groups in total. The molecule has 2 nitrogen and oxygen atoms in total. The van der Waals surface area contributed by atoms with Gasteiger partial charge in [0, 0.05) is 10.9 Å². The summed E-state index contributed by atoms with van der Waals surface area (Å²) in [7, 11) is 0. The Morgan fingerprint density at radius 2 is 1.44 bits per heavy atom. The first-order valence-electron chi connectivity index (χ1n) is 8.67. The normalized spacial score (nSPS) is 11.2. The van der Waals surface area contributed by atoms with E-state index >= 15 is 0 Å². The maximum atomic E-state index is 5.01. The highest BCUT2D eigenvalue weighted by molar-refractivity contribution is 5.96. The molecule has 3 aromatic carbocycles. The minimum Gasteiger partial charge on any atom is -0.232 e. The Morgan fingerprint density at radius 1 is 0.720 bits per heavy atom. The number of hydrogen-bond acceptors (Lipinski definition) is 1. The van der Waals surface area contributed by atoms with Crippen molar-refractivity contribution in [3.8, 4) is 16.9 Å². The lowest BCUT2D eigenvalue weighted by Gasteiger charge is -2.11. The summed E-state index contributed by atoms with van der Waals surface area (Å²) in [5.41, 5.74) is 9.55. The molecule has 0 aliphatic rings. The molecular formula is C23H22N2. The Labute approximate surface area is 148 Å². The van der Waals surface area contributed by atoms with Crippen molar-refractivity contribution in [1.29, 1.82) is 0 Å². The molecule has 2 heteroatoms. The van der Waals surface area contributed by atoms with Crippen LogP contribution in [0.3, 0.4) is 0 Å². The van der Waals surface area contributed by atoms with Crippen LogP contribution < -0.4 is 0 Å². The Bertz CT molecular complexity index is 1070. The Morgan fingerprint density at radius 3 is 2.16 bits per heavy atom. The van der Waals surface area contributed by atoms with Gasteiger partial charge in [-0.15, -0.1) is 0 Å². The first-order chi connectivity index (χ1) is 12.0. The van der Waals surface area contributed by atoms with E-state index in [2.05, 4.69) is 93.0 Å². The third-order valence-corrected chi connectivity index (χ3v) is 4.74. The molecule has 0 aliphatic heterocycles. The highest BCUT2D eigenvalue weighted by Gasteiger charge is 2.17. The van der Waals surface area contributed by atoms with Crippen LogP contribution in [0.25, 0.3) is 27.8 Å². The number of nitrogens with zero attached hydrogens (tertiary/aromatic N) is 2. The molecule has 0 atom stereocenters. The van der Waals surface area contributed by atoms with Gasteiger partial charge in [-0.3, -0.25) is 0 Å². The van der Waals surface area contributed by atoms with E-state index in [1.54, 1.807) is 0 Å². The molecule has 4 rings (SSSR count). The third kappa shape index (κ3) is 2.64. The van der Waals surface area contributed by atoms with Crippen molar-refractivity contribution in [2.24, 2.45) is 0 Å². The van der Waals surface area contributed by atoms with Crippen molar-refractivity contribution in [2.45, 2.75) is 27.7 Å². The van der Waals surface area contributed by atoms with Crippen LogP contribution in [0.1, 0.15) is 22.3 Å². The van der Waals surface area contributed by atoms with E-state index in [4.69, 9.17) is 5.10 Å². The van der Waals surface area contributed by atoms with Gasteiger partial charge >= 0.3 is 0 Å². The highest BCUT2D eigenvalue weighted by Crippen LogP contribution is 2.34. The summed E-state index contributed by atoms with van der Waals surface area (Å²) in [6.45, 7) is 8.57. The summed E-state index contributed by atoms with van der Waals surface area (Å²) in [5, 5.41) is 6.22. The van der Waals surface area contributed by atoms with Gasteiger partial charge in [0.25, 0.3) is 0 Å². The van der Waals surface area contributed by atoms with E-state index in [0.717, 1.165) is 16.9 Å². The lowest BCUT2D eigenvalue weighted by Crippen LogP contribution is -2.01. The van der Waals surface area contributed by atoms with E-state index in [-0.39, 0.29) is 0 Å². The monoisotopic (exact) mass is 326 g/mol. The topological polar surface area (TPSA) is 17.8 Å². The molecule has 1 aromatic heterocycles. The zero-order valence-electron chi connectivity index (χ0n) is 15.2. The second kappa shape index (κ2) is 5.89. The maximum Gasteiger partial charge on any atom is 0.0963 e. The van der Waals surface area contributed by atoms with Gasteiger partial charge < -0.3 is 0 Å². The fraction of sp³-hybridized carbons (Fsp3) is 0.174. The second-order valence-corrected chi connectivity index (χ2v) is 6.89. The van der Waals surface area contributed by atoms with E-state index in [1.807, 2.05) is 0 Å². The van der Waals surface area contributed by atoms with Crippen molar-refractivity contribution in [3.63, 3.8) is 0 Å². The number of aryl methyl sites for hydroxylation is 4. The predicted molar refractivity (Wildman–Crippen MR) is 105 cm³/mol. The maximum absolute atomic E-state index is 5.01. The van der Waals surface area contributed by atoms with Gasteiger partial charge in [-0.25, -0.2) is 4.68 Å². The quantitative estimate of drug-likeness (QED) is 0.446. The molecule has 0 unspecified atom stereocenters. The van der Waals surface area contributed by atoms with Crippen molar-refractivity contribution in [3.05, 3.63) is 82.9 Å². The summed E-state index contributed by atoms with van der Waals surface area (Å²) in [5.74, 6) is 0. The van der Waals surface area contributed by atoms with Gasteiger partial charge in [0.2, 0.25) is 0 Å². The molecule has 124 valence electrons. The van der Waals surface area contributed by atoms with Crippen molar-refractivity contribution < 1.29 is 0 Å². The second-order valence-electron chi connectivity index (χ2n) is 6.89. The Hall–Kier alpha value is -2.87. The van der Waals surface area contributed by atoms with Gasteiger partial charge in [0.15, 0.2) is 0 Å². The minimum atomic E-state index is 1.07.